The Bertz CT molecular complexity index is 831. The van der Waals surface area contributed by atoms with Crippen LogP contribution in [0.1, 0.15) is 58.2 Å². The molecule has 0 spiro atoms. The van der Waals surface area contributed by atoms with E-state index in [2.05, 4.69) is 34.9 Å². The fraction of sp³-hybridized carbons (Fsp3) is 0.440. The molecule has 0 aliphatic rings. The fourth-order valence-electron chi connectivity index (χ4n) is 2.98. The summed E-state index contributed by atoms with van der Waals surface area (Å²) in [4.78, 5) is 25.1. The van der Waals surface area contributed by atoms with Gasteiger partial charge in [0.15, 0.2) is 0 Å². The maximum Gasteiger partial charge on any atom is 0.408 e. The molecule has 0 saturated heterocycles. The number of nitrogens with one attached hydrogen (secondary N) is 2. The van der Waals surface area contributed by atoms with Crippen molar-refractivity contribution in [1.82, 2.24) is 10.6 Å². The third kappa shape index (κ3) is 8.68. The Labute approximate surface area is 180 Å². The molecule has 2 amide bonds. The zero-order valence-corrected chi connectivity index (χ0v) is 18.9. The number of hydrogen-bond acceptors (Lipinski definition) is 3. The van der Waals surface area contributed by atoms with Gasteiger partial charge in [0.2, 0.25) is 5.91 Å². The zero-order chi connectivity index (χ0) is 22.4. The third-order valence-corrected chi connectivity index (χ3v) is 4.22. The van der Waals surface area contributed by atoms with Crippen molar-refractivity contribution in [3.8, 4) is 0 Å². The van der Waals surface area contributed by atoms with Crippen molar-refractivity contribution in [2.45, 2.75) is 71.6 Å². The lowest BCUT2D eigenvalue weighted by molar-refractivity contribution is -0.124. The number of ether oxygens (including phenoxy) is 1. The molecule has 30 heavy (non-hydrogen) atoms. The van der Waals surface area contributed by atoms with E-state index in [-0.39, 0.29) is 5.91 Å². The first kappa shape index (κ1) is 23.5. The van der Waals surface area contributed by atoms with Gasteiger partial charge < -0.3 is 15.4 Å². The predicted octanol–water partition coefficient (Wildman–Crippen LogP) is 4.63. The number of carbonyl (C=O) groups excluding carboxylic acids is 2. The molecule has 0 unspecified atom stereocenters. The first-order valence-electron chi connectivity index (χ1n) is 10.3. The summed E-state index contributed by atoms with van der Waals surface area (Å²) >= 11 is 0. The molecule has 0 radical (unpaired) electrons. The molecule has 5 heteroatoms. The van der Waals surface area contributed by atoms with Crippen molar-refractivity contribution in [1.29, 1.82) is 0 Å². The van der Waals surface area contributed by atoms with Crippen LogP contribution in [0.25, 0.3) is 0 Å². The van der Waals surface area contributed by atoms with E-state index in [1.165, 1.54) is 11.1 Å². The van der Waals surface area contributed by atoms with Crippen LogP contribution >= 0.6 is 0 Å². The Balaban J connectivity index is 2.09. The van der Waals surface area contributed by atoms with Crippen LogP contribution in [0.5, 0.6) is 0 Å². The van der Waals surface area contributed by atoms with Crippen molar-refractivity contribution >= 4 is 12.0 Å². The van der Waals surface area contributed by atoms with Gasteiger partial charge in [0, 0.05) is 12.0 Å². The monoisotopic (exact) mass is 410 g/mol. The van der Waals surface area contributed by atoms with Gasteiger partial charge in [-0.25, -0.2) is 4.79 Å². The minimum absolute atomic E-state index is 0.235. The van der Waals surface area contributed by atoms with E-state index in [1.807, 2.05) is 51.1 Å². The number of amides is 2. The van der Waals surface area contributed by atoms with E-state index >= 15 is 0 Å². The highest BCUT2D eigenvalue weighted by Crippen LogP contribution is 2.13. The first-order chi connectivity index (χ1) is 13.9. The molecular formula is C25H34N2O3. The van der Waals surface area contributed by atoms with Crippen LogP contribution in [0.15, 0.2) is 54.6 Å². The second-order valence-electron chi connectivity index (χ2n) is 9.62. The van der Waals surface area contributed by atoms with Gasteiger partial charge in [-0.05, 0) is 64.7 Å². The lowest BCUT2D eigenvalue weighted by Gasteiger charge is -2.27. The summed E-state index contributed by atoms with van der Waals surface area (Å²) in [6, 6.07) is 17.7. The number of hydrogen-bond donors (Lipinski definition) is 2. The van der Waals surface area contributed by atoms with Crippen LogP contribution < -0.4 is 10.6 Å². The van der Waals surface area contributed by atoms with Gasteiger partial charge in [-0.1, -0.05) is 54.6 Å². The molecule has 0 bridgehead atoms. The maximum absolute atomic E-state index is 12.8. The first-order valence-corrected chi connectivity index (χ1v) is 10.3. The highest BCUT2D eigenvalue weighted by atomic mass is 16.6. The van der Waals surface area contributed by atoms with Crippen LogP contribution in [-0.2, 0) is 22.4 Å². The zero-order valence-electron chi connectivity index (χ0n) is 18.9. The molecule has 5 nitrogen and oxygen atoms in total. The minimum atomic E-state index is -0.723. The Morgan fingerprint density at radius 2 is 1.37 bits per heavy atom. The summed E-state index contributed by atoms with van der Waals surface area (Å²) in [6.45, 7) is 11.1. The van der Waals surface area contributed by atoms with Crippen LogP contribution in [-0.4, -0.2) is 29.2 Å². The third-order valence-electron chi connectivity index (χ3n) is 4.22. The smallest absolute Gasteiger partial charge is 0.408 e. The van der Waals surface area contributed by atoms with E-state index in [9.17, 15) is 9.59 Å². The van der Waals surface area contributed by atoms with E-state index < -0.39 is 23.3 Å². The van der Waals surface area contributed by atoms with Crippen LogP contribution in [0.3, 0.4) is 0 Å². The number of benzene rings is 2. The predicted molar refractivity (Wildman–Crippen MR) is 120 cm³/mol. The van der Waals surface area contributed by atoms with Crippen molar-refractivity contribution in [3.05, 3.63) is 71.3 Å². The van der Waals surface area contributed by atoms with Gasteiger partial charge in [-0.2, -0.15) is 0 Å². The van der Waals surface area contributed by atoms with Gasteiger partial charge in [-0.15, -0.1) is 0 Å². The normalized spacial score (nSPS) is 12.7. The number of carbonyl (C=O) groups is 2. The van der Waals surface area contributed by atoms with E-state index in [1.54, 1.807) is 20.8 Å². The van der Waals surface area contributed by atoms with E-state index in [0.717, 1.165) is 12.0 Å². The topological polar surface area (TPSA) is 67.4 Å². The Hall–Kier alpha value is -2.82. The molecule has 162 valence electrons. The fourth-order valence-corrected chi connectivity index (χ4v) is 2.98. The molecule has 2 N–H and O–H groups in total. The molecule has 0 aliphatic carbocycles. The molecule has 2 aromatic rings. The molecule has 0 heterocycles. The average molecular weight is 411 g/mol. The SMILES string of the molecule is CC(C)(C)NC(=O)[C@H](Cc1ccc(Cc2ccccc2)cc1)NC(=O)OC(C)(C)C. The second kappa shape index (κ2) is 9.79. The van der Waals surface area contributed by atoms with Gasteiger partial charge >= 0.3 is 6.09 Å². The summed E-state index contributed by atoms with van der Waals surface area (Å²) in [5.74, 6) is -0.235. The van der Waals surface area contributed by atoms with E-state index in [4.69, 9.17) is 4.74 Å². The highest BCUT2D eigenvalue weighted by molar-refractivity contribution is 5.86. The van der Waals surface area contributed by atoms with Gasteiger partial charge in [0.1, 0.15) is 11.6 Å². The Kier molecular flexibility index (Phi) is 7.65. The van der Waals surface area contributed by atoms with Gasteiger partial charge in [0.05, 0.1) is 0 Å². The summed E-state index contributed by atoms with van der Waals surface area (Å²) in [5, 5.41) is 5.67. The molecule has 0 fully saturated rings. The Morgan fingerprint density at radius 1 is 0.833 bits per heavy atom. The second-order valence-corrected chi connectivity index (χ2v) is 9.62. The van der Waals surface area contributed by atoms with Crippen molar-refractivity contribution in [2.75, 3.05) is 0 Å². The highest BCUT2D eigenvalue weighted by Gasteiger charge is 2.27. The lowest BCUT2D eigenvalue weighted by Crippen LogP contribution is -2.53. The average Bonchev–Trinajstić information content (AvgIpc) is 2.60. The lowest BCUT2D eigenvalue weighted by atomic mass is 9.99. The number of rotatable bonds is 6. The van der Waals surface area contributed by atoms with Crippen molar-refractivity contribution < 1.29 is 14.3 Å². The standard InChI is InChI=1S/C25H34N2O3/c1-24(2,3)27-22(28)21(26-23(29)30-25(4,5)6)17-20-14-12-19(13-15-20)16-18-10-8-7-9-11-18/h7-15,21H,16-17H2,1-6H3,(H,26,29)(H,27,28)/t21-/m0/s1. The molecule has 2 rings (SSSR count). The van der Waals surface area contributed by atoms with Crippen LogP contribution in [0, 0.1) is 0 Å². The summed E-state index contributed by atoms with van der Waals surface area (Å²) < 4.78 is 5.34. The quantitative estimate of drug-likeness (QED) is 0.730. The molecule has 0 aromatic heterocycles. The van der Waals surface area contributed by atoms with Crippen molar-refractivity contribution in [2.24, 2.45) is 0 Å². The molecule has 2 aromatic carbocycles. The van der Waals surface area contributed by atoms with Crippen LogP contribution in [0.4, 0.5) is 4.79 Å². The van der Waals surface area contributed by atoms with Gasteiger partial charge in [-0.3, -0.25) is 4.79 Å². The summed E-state index contributed by atoms with van der Waals surface area (Å²) in [6.07, 6.45) is 0.634. The van der Waals surface area contributed by atoms with Gasteiger partial charge in [0.25, 0.3) is 0 Å². The maximum atomic E-state index is 12.8. The molecular weight excluding hydrogens is 376 g/mol. The molecule has 0 saturated carbocycles. The number of alkyl carbamates (subject to hydrolysis) is 1. The van der Waals surface area contributed by atoms with Crippen LogP contribution in [0.2, 0.25) is 0 Å². The largest absolute Gasteiger partial charge is 0.444 e. The minimum Gasteiger partial charge on any atom is -0.444 e. The van der Waals surface area contributed by atoms with E-state index in [0.29, 0.717) is 6.42 Å². The Morgan fingerprint density at radius 3 is 1.90 bits per heavy atom. The summed E-state index contributed by atoms with van der Waals surface area (Å²) in [7, 11) is 0. The molecule has 0 aliphatic heterocycles. The van der Waals surface area contributed by atoms with Crippen molar-refractivity contribution in [3.63, 3.8) is 0 Å². The molecule has 1 atom stereocenters. The summed E-state index contributed by atoms with van der Waals surface area (Å²) in [5.41, 5.74) is 2.38.